The Bertz CT molecular complexity index is 1520. The molecule has 0 aliphatic heterocycles. The summed E-state index contributed by atoms with van der Waals surface area (Å²) in [5.41, 5.74) is 13.8. The number of hydrogen-bond acceptors (Lipinski definition) is 7. The van der Waals surface area contributed by atoms with Crippen molar-refractivity contribution in [2.24, 2.45) is 10.7 Å². The van der Waals surface area contributed by atoms with Crippen molar-refractivity contribution in [2.75, 3.05) is 13.2 Å². The van der Waals surface area contributed by atoms with Crippen LogP contribution in [0.1, 0.15) is 39.4 Å². The van der Waals surface area contributed by atoms with Gasteiger partial charge in [0.1, 0.15) is 0 Å². The van der Waals surface area contributed by atoms with Crippen molar-refractivity contribution in [3.05, 3.63) is 113 Å². The lowest BCUT2D eigenvalue weighted by Crippen LogP contribution is -2.16. The number of nitriles is 1. The van der Waals surface area contributed by atoms with Crippen LogP contribution in [0.15, 0.2) is 84.3 Å². The number of aliphatic imine (C=N–C) groups is 1. The maximum absolute atomic E-state index is 9.34. The fourth-order valence-corrected chi connectivity index (χ4v) is 4.37. The first kappa shape index (κ1) is 23.0. The van der Waals surface area contributed by atoms with Crippen LogP contribution in [0.25, 0.3) is 16.6 Å². The summed E-state index contributed by atoms with van der Waals surface area (Å²) in [4.78, 5) is 9.56. The number of aliphatic hydroxyl groups excluding tert-OH is 1. The van der Waals surface area contributed by atoms with Crippen molar-refractivity contribution in [2.45, 2.75) is 12.5 Å². The van der Waals surface area contributed by atoms with Gasteiger partial charge in [0.05, 0.1) is 53.6 Å². The Labute approximate surface area is 208 Å². The Morgan fingerprint density at radius 3 is 2.83 bits per heavy atom. The Kier molecular flexibility index (Phi) is 6.56. The molecule has 8 nitrogen and oxygen atoms in total. The van der Waals surface area contributed by atoms with Crippen LogP contribution < -0.4 is 11.1 Å². The van der Waals surface area contributed by atoms with Crippen molar-refractivity contribution in [3.8, 4) is 6.07 Å². The van der Waals surface area contributed by atoms with Gasteiger partial charge in [-0.3, -0.25) is 15.1 Å². The molecule has 5 rings (SSSR count). The SMILES string of the molecule is N#Cc1ccc(CN=C(C=CN)c2cnc3c(c2)C(c2ccc4cn[nH]c4c2)C=C3NCCO)cc1. The Morgan fingerprint density at radius 1 is 1.19 bits per heavy atom. The minimum absolute atomic E-state index is 0.0250. The van der Waals surface area contributed by atoms with E-state index in [1.807, 2.05) is 12.1 Å². The molecule has 4 aromatic rings. The molecule has 1 atom stereocenters. The van der Waals surface area contributed by atoms with Crippen LogP contribution in [0.3, 0.4) is 0 Å². The van der Waals surface area contributed by atoms with Gasteiger partial charge in [-0.05, 0) is 59.3 Å². The number of nitrogens with zero attached hydrogens (tertiary/aromatic N) is 4. The van der Waals surface area contributed by atoms with Gasteiger partial charge in [0.2, 0.25) is 0 Å². The maximum atomic E-state index is 9.34. The van der Waals surface area contributed by atoms with E-state index >= 15 is 0 Å². The second-order valence-corrected chi connectivity index (χ2v) is 8.46. The lowest BCUT2D eigenvalue weighted by atomic mass is 9.92. The average molecular weight is 476 g/mol. The average Bonchev–Trinajstić information content (AvgIpc) is 3.54. The number of aliphatic hydroxyl groups is 1. The number of allylic oxidation sites excluding steroid dienone is 2. The third-order valence-electron chi connectivity index (χ3n) is 6.16. The second kappa shape index (κ2) is 10.3. The quantitative estimate of drug-likeness (QED) is 0.289. The first-order chi connectivity index (χ1) is 17.7. The van der Waals surface area contributed by atoms with Crippen molar-refractivity contribution in [1.29, 1.82) is 5.26 Å². The lowest BCUT2D eigenvalue weighted by molar-refractivity contribution is 0.299. The molecule has 2 aromatic heterocycles. The standard InChI is InChI=1S/C28H25N7O/c29-8-7-25(32-15-19-3-1-18(14-30)2-4-19)22-11-24-23(13-27(31-9-10-36)28(24)33-16-22)20-5-6-21-17-34-35-26(21)12-20/h1-8,11-13,16-17,23,31,36H,9-10,15,29H2,(H,34,35). The highest BCUT2D eigenvalue weighted by Crippen LogP contribution is 2.39. The first-order valence-electron chi connectivity index (χ1n) is 11.6. The Hall–Kier alpha value is -4.74. The number of aromatic amines is 1. The van der Waals surface area contributed by atoms with Gasteiger partial charge in [0.15, 0.2) is 0 Å². The van der Waals surface area contributed by atoms with E-state index in [1.54, 1.807) is 30.6 Å². The minimum Gasteiger partial charge on any atom is -0.405 e. The highest BCUT2D eigenvalue weighted by atomic mass is 16.3. The molecule has 0 radical (unpaired) electrons. The maximum Gasteiger partial charge on any atom is 0.0991 e. The molecule has 178 valence electrons. The molecule has 0 saturated heterocycles. The molecule has 0 spiro atoms. The summed E-state index contributed by atoms with van der Waals surface area (Å²) in [5.74, 6) is -0.0250. The largest absolute Gasteiger partial charge is 0.405 e. The molecular formula is C28H25N7O. The van der Waals surface area contributed by atoms with Crippen molar-refractivity contribution in [3.63, 3.8) is 0 Å². The van der Waals surface area contributed by atoms with E-state index in [0.717, 1.165) is 50.3 Å². The number of fused-ring (bicyclic) bond motifs is 2. The van der Waals surface area contributed by atoms with E-state index in [2.05, 4.69) is 51.9 Å². The number of benzene rings is 2. The fourth-order valence-electron chi connectivity index (χ4n) is 4.37. The van der Waals surface area contributed by atoms with Gasteiger partial charge >= 0.3 is 0 Å². The molecule has 0 fully saturated rings. The Balaban J connectivity index is 1.52. The molecule has 36 heavy (non-hydrogen) atoms. The van der Waals surface area contributed by atoms with Gasteiger partial charge < -0.3 is 16.2 Å². The second-order valence-electron chi connectivity index (χ2n) is 8.46. The summed E-state index contributed by atoms with van der Waals surface area (Å²) in [6.07, 6.45) is 8.99. The zero-order valence-corrected chi connectivity index (χ0v) is 19.5. The van der Waals surface area contributed by atoms with E-state index < -0.39 is 0 Å². The molecule has 2 aromatic carbocycles. The molecule has 0 bridgehead atoms. The summed E-state index contributed by atoms with van der Waals surface area (Å²) in [6.45, 7) is 0.918. The van der Waals surface area contributed by atoms with Gasteiger partial charge in [-0.1, -0.05) is 24.3 Å². The van der Waals surface area contributed by atoms with Crippen LogP contribution >= 0.6 is 0 Å². The van der Waals surface area contributed by atoms with Crippen LogP contribution in [-0.4, -0.2) is 39.2 Å². The van der Waals surface area contributed by atoms with E-state index in [9.17, 15) is 5.11 Å². The number of nitrogens with one attached hydrogen (secondary N) is 2. The molecule has 5 N–H and O–H groups in total. The predicted molar refractivity (Wildman–Crippen MR) is 140 cm³/mol. The zero-order chi connectivity index (χ0) is 24.9. The van der Waals surface area contributed by atoms with E-state index in [4.69, 9.17) is 21.0 Å². The number of pyridine rings is 1. The monoisotopic (exact) mass is 475 g/mol. The van der Waals surface area contributed by atoms with E-state index in [0.29, 0.717) is 18.7 Å². The third-order valence-corrected chi connectivity index (χ3v) is 6.16. The molecule has 1 unspecified atom stereocenters. The van der Waals surface area contributed by atoms with Crippen LogP contribution in [0.5, 0.6) is 0 Å². The van der Waals surface area contributed by atoms with Crippen LogP contribution in [0.2, 0.25) is 0 Å². The van der Waals surface area contributed by atoms with E-state index in [1.165, 1.54) is 6.20 Å². The highest BCUT2D eigenvalue weighted by Gasteiger charge is 2.27. The number of hydrogen-bond donors (Lipinski definition) is 4. The molecule has 0 amide bonds. The lowest BCUT2D eigenvalue weighted by Gasteiger charge is -2.13. The van der Waals surface area contributed by atoms with Crippen molar-refractivity contribution < 1.29 is 5.11 Å². The molecule has 1 aliphatic rings. The first-order valence-corrected chi connectivity index (χ1v) is 11.6. The topological polar surface area (TPSA) is 136 Å². The van der Waals surface area contributed by atoms with Gasteiger partial charge in [-0.15, -0.1) is 0 Å². The molecule has 0 saturated carbocycles. The third kappa shape index (κ3) is 4.60. The number of aromatic nitrogens is 3. The van der Waals surface area contributed by atoms with Crippen LogP contribution in [-0.2, 0) is 6.54 Å². The number of H-pyrrole nitrogens is 1. The van der Waals surface area contributed by atoms with Gasteiger partial charge in [-0.25, -0.2) is 0 Å². The van der Waals surface area contributed by atoms with Crippen LogP contribution in [0, 0.1) is 11.3 Å². The summed E-state index contributed by atoms with van der Waals surface area (Å²) < 4.78 is 0. The normalized spacial score (nSPS) is 15.2. The summed E-state index contributed by atoms with van der Waals surface area (Å²) in [6, 6.07) is 17.9. The van der Waals surface area contributed by atoms with Gasteiger partial charge in [0.25, 0.3) is 0 Å². The smallest absolute Gasteiger partial charge is 0.0991 e. The molecule has 2 heterocycles. The van der Waals surface area contributed by atoms with Crippen LogP contribution in [0.4, 0.5) is 0 Å². The fraction of sp³-hybridized carbons (Fsp3) is 0.143. The van der Waals surface area contributed by atoms with E-state index in [-0.39, 0.29) is 12.5 Å². The predicted octanol–water partition coefficient (Wildman–Crippen LogP) is 3.36. The van der Waals surface area contributed by atoms with Gasteiger partial charge in [-0.2, -0.15) is 10.4 Å². The number of nitrogens with two attached hydrogens (primary N) is 1. The number of rotatable bonds is 8. The molecule has 1 aliphatic carbocycles. The Morgan fingerprint density at radius 2 is 2.06 bits per heavy atom. The van der Waals surface area contributed by atoms with Gasteiger partial charge in [0, 0.05) is 29.6 Å². The minimum atomic E-state index is -0.0250. The molecule has 8 heteroatoms. The highest BCUT2D eigenvalue weighted by molar-refractivity contribution is 6.08. The van der Waals surface area contributed by atoms with Crippen molar-refractivity contribution >= 4 is 22.3 Å². The zero-order valence-electron chi connectivity index (χ0n) is 19.5. The molecular weight excluding hydrogens is 450 g/mol. The summed E-state index contributed by atoms with van der Waals surface area (Å²) >= 11 is 0. The van der Waals surface area contributed by atoms with Crippen molar-refractivity contribution in [1.82, 2.24) is 20.5 Å². The summed E-state index contributed by atoms with van der Waals surface area (Å²) in [7, 11) is 0. The summed E-state index contributed by atoms with van der Waals surface area (Å²) in [5, 5.41) is 29.9.